The van der Waals surface area contributed by atoms with Crippen molar-refractivity contribution < 1.29 is 4.79 Å². The highest BCUT2D eigenvalue weighted by molar-refractivity contribution is 5.92. The molecule has 0 atom stereocenters. The van der Waals surface area contributed by atoms with Crippen molar-refractivity contribution in [3.63, 3.8) is 0 Å². The van der Waals surface area contributed by atoms with E-state index < -0.39 is 5.91 Å². The molecule has 0 aliphatic heterocycles. The normalized spacial score (nSPS) is 10.9. The summed E-state index contributed by atoms with van der Waals surface area (Å²) in [7, 11) is 1.96. The van der Waals surface area contributed by atoms with Crippen LogP contribution in [-0.2, 0) is 6.54 Å². The summed E-state index contributed by atoms with van der Waals surface area (Å²) in [4.78, 5) is 13.2. The number of rotatable bonds is 5. The highest BCUT2D eigenvalue weighted by Crippen LogP contribution is 2.19. The first kappa shape index (κ1) is 16.7. The number of amides is 1. The van der Waals surface area contributed by atoms with Crippen LogP contribution in [-0.4, -0.2) is 32.8 Å². The average molecular weight is 358 g/mol. The molecule has 0 spiro atoms. The highest BCUT2D eigenvalue weighted by atomic mass is 16.1. The Morgan fingerprint density at radius 1 is 1.00 bits per heavy atom. The maximum absolute atomic E-state index is 11.2. The van der Waals surface area contributed by atoms with Crippen LogP contribution in [0.4, 0.5) is 5.82 Å². The molecule has 134 valence electrons. The van der Waals surface area contributed by atoms with Gasteiger partial charge in [-0.1, -0.05) is 42.5 Å². The lowest BCUT2D eigenvalue weighted by Gasteiger charge is -2.18. The number of carbonyl (C=O) groups is 1. The van der Waals surface area contributed by atoms with Crippen molar-refractivity contribution in [3.8, 4) is 11.4 Å². The predicted octanol–water partition coefficient (Wildman–Crippen LogP) is 2.53. The lowest BCUT2D eigenvalue weighted by molar-refractivity contribution is 0.100. The molecule has 0 aliphatic carbocycles. The van der Waals surface area contributed by atoms with E-state index in [2.05, 4.69) is 10.2 Å². The monoisotopic (exact) mass is 358 g/mol. The minimum absolute atomic E-state index is 0.428. The van der Waals surface area contributed by atoms with Crippen LogP contribution in [0.15, 0.2) is 66.7 Å². The van der Waals surface area contributed by atoms with Crippen molar-refractivity contribution in [1.29, 1.82) is 0 Å². The SMILES string of the molecule is CN(Cc1ccc(C(N)=O)cc1)c1ccc2nnc(-c3ccccc3)n2n1. The quantitative estimate of drug-likeness (QED) is 0.592. The van der Waals surface area contributed by atoms with Crippen LogP contribution in [0.1, 0.15) is 15.9 Å². The number of benzene rings is 2. The van der Waals surface area contributed by atoms with Crippen molar-refractivity contribution in [2.75, 3.05) is 11.9 Å². The summed E-state index contributed by atoms with van der Waals surface area (Å²) in [5.41, 5.74) is 8.49. The van der Waals surface area contributed by atoms with Gasteiger partial charge in [0.05, 0.1) is 0 Å². The molecule has 0 saturated carbocycles. The first-order valence-electron chi connectivity index (χ1n) is 8.49. The Morgan fingerprint density at radius 2 is 1.74 bits per heavy atom. The molecular formula is C20H18N6O. The maximum Gasteiger partial charge on any atom is 0.248 e. The minimum Gasteiger partial charge on any atom is -0.366 e. The number of fused-ring (bicyclic) bond motifs is 1. The van der Waals surface area contributed by atoms with Crippen LogP contribution >= 0.6 is 0 Å². The number of nitrogens with two attached hydrogens (primary N) is 1. The van der Waals surface area contributed by atoms with E-state index >= 15 is 0 Å². The van der Waals surface area contributed by atoms with Crippen molar-refractivity contribution in [2.24, 2.45) is 5.73 Å². The van der Waals surface area contributed by atoms with E-state index in [1.165, 1.54) is 0 Å². The fraction of sp³-hybridized carbons (Fsp3) is 0.100. The predicted molar refractivity (Wildman–Crippen MR) is 103 cm³/mol. The Morgan fingerprint density at radius 3 is 2.44 bits per heavy atom. The molecule has 0 bridgehead atoms. The number of hydrogen-bond acceptors (Lipinski definition) is 5. The van der Waals surface area contributed by atoms with Crippen LogP contribution in [0.5, 0.6) is 0 Å². The lowest BCUT2D eigenvalue weighted by atomic mass is 10.1. The van der Waals surface area contributed by atoms with Crippen LogP contribution < -0.4 is 10.6 Å². The van der Waals surface area contributed by atoms with E-state index in [-0.39, 0.29) is 0 Å². The van der Waals surface area contributed by atoms with Gasteiger partial charge in [0.25, 0.3) is 0 Å². The first-order chi connectivity index (χ1) is 13.1. The third-order valence-corrected chi connectivity index (χ3v) is 4.33. The van der Waals surface area contributed by atoms with Gasteiger partial charge in [0.2, 0.25) is 5.91 Å². The number of hydrogen-bond donors (Lipinski definition) is 1. The number of aromatic nitrogens is 4. The van der Waals surface area contributed by atoms with Crippen molar-refractivity contribution in [2.45, 2.75) is 6.54 Å². The number of carbonyl (C=O) groups excluding carboxylic acids is 1. The molecule has 0 aliphatic rings. The molecule has 2 aromatic carbocycles. The second-order valence-electron chi connectivity index (χ2n) is 6.27. The molecule has 0 unspecified atom stereocenters. The molecule has 4 rings (SSSR count). The number of anilines is 1. The van der Waals surface area contributed by atoms with Gasteiger partial charge >= 0.3 is 0 Å². The standard InChI is InChI=1S/C20H18N6O/c1-25(13-14-7-9-15(10-8-14)19(21)27)18-12-11-17-22-23-20(26(17)24-18)16-5-3-2-4-6-16/h2-12H,13H2,1H3,(H2,21,27). The summed E-state index contributed by atoms with van der Waals surface area (Å²) >= 11 is 0. The van der Waals surface area contributed by atoms with Gasteiger partial charge in [-0.15, -0.1) is 15.3 Å². The summed E-state index contributed by atoms with van der Waals surface area (Å²) < 4.78 is 1.75. The summed E-state index contributed by atoms with van der Waals surface area (Å²) in [5, 5.41) is 13.2. The topological polar surface area (TPSA) is 89.4 Å². The first-order valence-corrected chi connectivity index (χ1v) is 8.49. The molecule has 7 nitrogen and oxygen atoms in total. The largest absolute Gasteiger partial charge is 0.366 e. The molecule has 2 N–H and O–H groups in total. The minimum atomic E-state index is -0.428. The Balaban J connectivity index is 1.62. The zero-order valence-corrected chi connectivity index (χ0v) is 14.8. The van der Waals surface area contributed by atoms with Crippen molar-refractivity contribution >= 4 is 17.4 Å². The highest BCUT2D eigenvalue weighted by Gasteiger charge is 2.12. The Kier molecular flexibility index (Phi) is 4.25. The van der Waals surface area contributed by atoms with Crippen LogP contribution in [0.2, 0.25) is 0 Å². The van der Waals surface area contributed by atoms with E-state index in [1.807, 2.05) is 66.5 Å². The van der Waals surface area contributed by atoms with E-state index in [1.54, 1.807) is 16.6 Å². The molecule has 2 heterocycles. The lowest BCUT2D eigenvalue weighted by Crippen LogP contribution is -2.19. The maximum atomic E-state index is 11.2. The van der Waals surface area contributed by atoms with Gasteiger partial charge in [-0.05, 0) is 29.8 Å². The molecule has 4 aromatic rings. The van der Waals surface area contributed by atoms with E-state index in [0.29, 0.717) is 23.6 Å². The third-order valence-electron chi connectivity index (χ3n) is 4.33. The Bertz CT molecular complexity index is 1090. The third kappa shape index (κ3) is 3.35. The Labute approximate surface area is 156 Å². The van der Waals surface area contributed by atoms with Gasteiger partial charge in [0.1, 0.15) is 5.82 Å². The summed E-state index contributed by atoms with van der Waals surface area (Å²) in [5.74, 6) is 1.06. The number of nitrogens with zero attached hydrogens (tertiary/aromatic N) is 5. The fourth-order valence-corrected chi connectivity index (χ4v) is 2.88. The molecule has 7 heteroatoms. The molecule has 1 amide bonds. The molecule has 0 fully saturated rings. The number of primary amides is 1. The zero-order chi connectivity index (χ0) is 18.8. The van der Waals surface area contributed by atoms with Crippen LogP contribution in [0, 0.1) is 0 Å². The molecule has 27 heavy (non-hydrogen) atoms. The van der Waals surface area contributed by atoms with Crippen LogP contribution in [0.25, 0.3) is 17.0 Å². The van der Waals surface area contributed by atoms with Gasteiger partial charge < -0.3 is 10.6 Å². The van der Waals surface area contributed by atoms with Crippen molar-refractivity contribution in [1.82, 2.24) is 19.8 Å². The fourth-order valence-electron chi connectivity index (χ4n) is 2.88. The smallest absolute Gasteiger partial charge is 0.248 e. The van der Waals surface area contributed by atoms with Crippen LogP contribution in [0.3, 0.4) is 0 Å². The summed E-state index contributed by atoms with van der Waals surface area (Å²) in [6.45, 7) is 0.639. The zero-order valence-electron chi connectivity index (χ0n) is 14.8. The van der Waals surface area contributed by atoms with Crippen molar-refractivity contribution in [3.05, 3.63) is 77.9 Å². The second-order valence-corrected chi connectivity index (χ2v) is 6.27. The van der Waals surface area contributed by atoms with E-state index in [4.69, 9.17) is 10.8 Å². The van der Waals surface area contributed by atoms with Gasteiger partial charge in [0.15, 0.2) is 11.5 Å². The van der Waals surface area contributed by atoms with Gasteiger partial charge in [0, 0.05) is 24.7 Å². The molecule has 0 saturated heterocycles. The van der Waals surface area contributed by atoms with Gasteiger partial charge in [-0.25, -0.2) is 0 Å². The Hall–Kier alpha value is -3.74. The van der Waals surface area contributed by atoms with Gasteiger partial charge in [-0.2, -0.15) is 4.52 Å². The molecule has 0 radical (unpaired) electrons. The van der Waals surface area contributed by atoms with E-state index in [0.717, 1.165) is 16.9 Å². The van der Waals surface area contributed by atoms with Gasteiger partial charge in [-0.3, -0.25) is 4.79 Å². The van der Waals surface area contributed by atoms with E-state index in [9.17, 15) is 4.79 Å². The average Bonchev–Trinajstić information content (AvgIpc) is 3.12. The molecular weight excluding hydrogens is 340 g/mol. The second kappa shape index (κ2) is 6.87. The summed E-state index contributed by atoms with van der Waals surface area (Å²) in [6.07, 6.45) is 0. The summed E-state index contributed by atoms with van der Waals surface area (Å²) in [6, 6.07) is 20.9. The molecule has 2 aromatic heterocycles.